The maximum absolute atomic E-state index is 13.5. The standard InChI is InChI=1S/C30H48O16/c1-23(11-31,12-32)19(39)43-27-5-28(44-20(40)24(2,13-33)14-34)8-29(6-27,45-21(41)25(3,15-35)16-36)10-30(7-27,9-28)46-22(42)26(4,17-37)18-38/h31-38H,5-18H2,1-4H3. The lowest BCUT2D eigenvalue weighted by atomic mass is 9.48. The minimum Gasteiger partial charge on any atom is -0.458 e. The molecule has 0 spiro atoms. The zero-order valence-electron chi connectivity index (χ0n) is 26.7. The Kier molecular flexibility index (Phi) is 10.6. The van der Waals surface area contributed by atoms with Gasteiger partial charge in [0.1, 0.15) is 44.1 Å². The largest absolute Gasteiger partial charge is 0.458 e. The molecule has 16 heteroatoms. The van der Waals surface area contributed by atoms with Crippen molar-refractivity contribution in [2.24, 2.45) is 21.7 Å². The Hall–Kier alpha value is -2.44. The first-order chi connectivity index (χ1) is 21.2. The maximum Gasteiger partial charge on any atom is 0.317 e. The minimum absolute atomic E-state index is 0.246. The maximum atomic E-state index is 13.5. The zero-order valence-corrected chi connectivity index (χ0v) is 26.7. The molecule has 0 heterocycles. The van der Waals surface area contributed by atoms with Gasteiger partial charge in [0.05, 0.1) is 52.9 Å². The molecule has 0 aromatic rings. The van der Waals surface area contributed by atoms with E-state index in [4.69, 9.17) is 18.9 Å². The van der Waals surface area contributed by atoms with Crippen molar-refractivity contribution in [1.82, 2.24) is 0 Å². The van der Waals surface area contributed by atoms with Gasteiger partial charge in [-0.25, -0.2) is 0 Å². The number of ether oxygens (including phenoxy) is 4. The molecule has 4 aliphatic rings. The van der Waals surface area contributed by atoms with Crippen LogP contribution in [0.1, 0.15) is 66.2 Å². The first-order valence-corrected chi connectivity index (χ1v) is 15.1. The van der Waals surface area contributed by atoms with Gasteiger partial charge in [-0.1, -0.05) is 0 Å². The van der Waals surface area contributed by atoms with Crippen molar-refractivity contribution in [2.75, 3.05) is 52.9 Å². The van der Waals surface area contributed by atoms with Gasteiger partial charge in [0.2, 0.25) is 0 Å². The molecule has 4 fully saturated rings. The van der Waals surface area contributed by atoms with Crippen LogP contribution >= 0.6 is 0 Å². The number of aliphatic hydroxyl groups excluding tert-OH is 8. The summed E-state index contributed by atoms with van der Waals surface area (Å²) < 4.78 is 24.0. The molecule has 4 bridgehead atoms. The number of hydrogen-bond donors (Lipinski definition) is 8. The third-order valence-electron chi connectivity index (χ3n) is 9.87. The molecule has 4 saturated carbocycles. The molecular formula is C30H48O16. The summed E-state index contributed by atoms with van der Waals surface area (Å²) in [7, 11) is 0. The SMILES string of the molecule is CC(CO)(CO)C(=O)OC12CC3(OC(=O)C(C)(CO)CO)CC(OC(=O)C(C)(CO)CO)(C1)CC(OC(=O)C(C)(CO)CO)(C2)C3. The highest BCUT2D eigenvalue weighted by atomic mass is 16.6. The van der Waals surface area contributed by atoms with Crippen molar-refractivity contribution >= 4 is 23.9 Å². The first kappa shape index (κ1) is 38.0. The lowest BCUT2D eigenvalue weighted by Crippen LogP contribution is -2.76. The number of carbonyl (C=O) groups excluding carboxylic acids is 4. The van der Waals surface area contributed by atoms with Crippen LogP contribution < -0.4 is 0 Å². The van der Waals surface area contributed by atoms with Crippen LogP contribution in [-0.2, 0) is 38.1 Å². The lowest BCUT2D eigenvalue weighted by molar-refractivity contribution is -0.316. The molecule has 16 nitrogen and oxygen atoms in total. The van der Waals surface area contributed by atoms with E-state index >= 15 is 0 Å². The van der Waals surface area contributed by atoms with E-state index in [0.717, 1.165) is 0 Å². The summed E-state index contributed by atoms with van der Waals surface area (Å²) in [6, 6.07) is 0. The molecule has 4 aliphatic carbocycles. The summed E-state index contributed by atoms with van der Waals surface area (Å²) in [5.74, 6) is -4.26. The highest BCUT2D eigenvalue weighted by Crippen LogP contribution is 2.66. The molecule has 4 rings (SSSR count). The first-order valence-electron chi connectivity index (χ1n) is 15.1. The lowest BCUT2D eigenvalue weighted by Gasteiger charge is -2.67. The predicted octanol–water partition coefficient (Wildman–Crippen LogP) is -2.54. The molecule has 8 N–H and O–H groups in total. The Morgan fingerprint density at radius 1 is 0.391 bits per heavy atom. The van der Waals surface area contributed by atoms with E-state index in [1.54, 1.807) is 0 Å². The Bertz CT molecular complexity index is 950. The van der Waals surface area contributed by atoms with Gasteiger partial charge in [-0.3, -0.25) is 19.2 Å². The molecule has 0 amide bonds. The Balaban J connectivity index is 2.25. The second-order valence-corrected chi connectivity index (χ2v) is 14.9. The van der Waals surface area contributed by atoms with Crippen molar-refractivity contribution in [2.45, 2.75) is 88.6 Å². The van der Waals surface area contributed by atoms with Gasteiger partial charge in [0.15, 0.2) is 0 Å². The summed E-state index contributed by atoms with van der Waals surface area (Å²) in [6.07, 6.45) is -1.47. The van der Waals surface area contributed by atoms with E-state index in [-0.39, 0.29) is 38.5 Å². The number of aliphatic hydroxyl groups is 8. The normalized spacial score (nSPS) is 29.3. The number of rotatable bonds is 16. The molecule has 0 unspecified atom stereocenters. The van der Waals surface area contributed by atoms with E-state index in [2.05, 4.69) is 0 Å². The van der Waals surface area contributed by atoms with Gasteiger partial charge >= 0.3 is 23.9 Å². The number of esters is 4. The molecule has 0 saturated heterocycles. The molecule has 264 valence electrons. The van der Waals surface area contributed by atoms with Crippen LogP contribution in [0.5, 0.6) is 0 Å². The van der Waals surface area contributed by atoms with Crippen molar-refractivity contribution in [3.05, 3.63) is 0 Å². The number of hydrogen-bond acceptors (Lipinski definition) is 16. The van der Waals surface area contributed by atoms with Gasteiger partial charge in [-0.05, 0) is 27.7 Å². The van der Waals surface area contributed by atoms with Crippen molar-refractivity contribution in [1.29, 1.82) is 0 Å². The van der Waals surface area contributed by atoms with Gasteiger partial charge in [0, 0.05) is 38.5 Å². The highest BCUT2D eigenvalue weighted by molar-refractivity contribution is 5.80. The molecule has 46 heavy (non-hydrogen) atoms. The van der Waals surface area contributed by atoms with Crippen molar-refractivity contribution in [3.8, 4) is 0 Å². The van der Waals surface area contributed by atoms with Crippen LogP contribution in [0.25, 0.3) is 0 Å². The van der Waals surface area contributed by atoms with Gasteiger partial charge < -0.3 is 59.8 Å². The summed E-state index contributed by atoms with van der Waals surface area (Å²) in [6.45, 7) is -1.58. The quantitative estimate of drug-likeness (QED) is 0.0624. The van der Waals surface area contributed by atoms with Crippen LogP contribution in [0.2, 0.25) is 0 Å². The molecule has 0 aliphatic heterocycles. The molecular weight excluding hydrogens is 616 g/mol. The molecule has 0 atom stereocenters. The Labute approximate surface area is 266 Å². The Morgan fingerprint density at radius 3 is 0.630 bits per heavy atom. The third kappa shape index (κ3) is 6.63. The molecule has 0 radical (unpaired) electrons. The van der Waals surface area contributed by atoms with E-state index in [0.29, 0.717) is 0 Å². The summed E-state index contributed by atoms with van der Waals surface area (Å²) >= 11 is 0. The predicted molar refractivity (Wildman–Crippen MR) is 152 cm³/mol. The third-order valence-corrected chi connectivity index (χ3v) is 9.87. The van der Waals surface area contributed by atoms with E-state index in [1.807, 2.05) is 0 Å². The number of carbonyl (C=O) groups is 4. The second kappa shape index (κ2) is 12.9. The van der Waals surface area contributed by atoms with E-state index < -0.39 is 121 Å². The summed E-state index contributed by atoms with van der Waals surface area (Å²) in [5, 5.41) is 79.2. The average Bonchev–Trinajstić information content (AvgIpc) is 3.01. The van der Waals surface area contributed by atoms with Crippen LogP contribution in [0, 0.1) is 21.7 Å². The zero-order chi connectivity index (χ0) is 35.0. The molecule has 0 aromatic carbocycles. The second-order valence-electron chi connectivity index (χ2n) is 14.9. The fraction of sp³-hybridized carbons (Fsp3) is 0.867. The summed E-state index contributed by atoms with van der Waals surface area (Å²) in [5.41, 5.74) is -14.2. The molecule has 0 aromatic heterocycles. The monoisotopic (exact) mass is 664 g/mol. The Morgan fingerprint density at radius 2 is 0.522 bits per heavy atom. The summed E-state index contributed by atoms with van der Waals surface area (Å²) in [4.78, 5) is 53.9. The van der Waals surface area contributed by atoms with Crippen molar-refractivity contribution < 1.29 is 79.0 Å². The van der Waals surface area contributed by atoms with Crippen molar-refractivity contribution in [3.63, 3.8) is 0 Å². The van der Waals surface area contributed by atoms with Crippen LogP contribution in [0.3, 0.4) is 0 Å². The smallest absolute Gasteiger partial charge is 0.317 e. The van der Waals surface area contributed by atoms with Crippen LogP contribution in [0.4, 0.5) is 0 Å². The topological polar surface area (TPSA) is 267 Å². The van der Waals surface area contributed by atoms with Crippen LogP contribution in [-0.4, -0.2) is 140 Å². The average molecular weight is 665 g/mol. The van der Waals surface area contributed by atoms with Gasteiger partial charge in [-0.2, -0.15) is 0 Å². The highest BCUT2D eigenvalue weighted by Gasteiger charge is 2.75. The fourth-order valence-corrected chi connectivity index (χ4v) is 6.70. The van der Waals surface area contributed by atoms with Gasteiger partial charge in [0.25, 0.3) is 0 Å². The van der Waals surface area contributed by atoms with E-state index in [1.165, 1.54) is 27.7 Å². The van der Waals surface area contributed by atoms with Crippen LogP contribution in [0.15, 0.2) is 0 Å². The minimum atomic E-state index is -1.80. The fourth-order valence-electron chi connectivity index (χ4n) is 6.70. The van der Waals surface area contributed by atoms with E-state index in [9.17, 15) is 60.0 Å². The van der Waals surface area contributed by atoms with Gasteiger partial charge in [-0.15, -0.1) is 0 Å².